The van der Waals surface area contributed by atoms with Crippen molar-refractivity contribution in [2.75, 3.05) is 13.6 Å². The molecule has 8 heteroatoms. The minimum absolute atomic E-state index is 0. The van der Waals surface area contributed by atoms with Crippen molar-refractivity contribution >= 4 is 41.8 Å². The maximum Gasteiger partial charge on any atom is 0.252 e. The third-order valence-electron chi connectivity index (χ3n) is 4.71. The van der Waals surface area contributed by atoms with Gasteiger partial charge >= 0.3 is 0 Å². The maximum atomic E-state index is 12.9. The van der Waals surface area contributed by atoms with Gasteiger partial charge in [-0.25, -0.2) is 9.67 Å². The lowest BCUT2D eigenvalue weighted by atomic mass is 10.0. The third-order valence-corrected chi connectivity index (χ3v) is 4.71. The molecule has 0 spiro atoms. The molecule has 0 aliphatic carbocycles. The van der Waals surface area contributed by atoms with Gasteiger partial charge in [-0.2, -0.15) is 5.10 Å². The van der Waals surface area contributed by atoms with E-state index in [1.807, 2.05) is 36.9 Å². The van der Waals surface area contributed by atoms with Crippen LogP contribution in [-0.4, -0.2) is 40.3 Å². The van der Waals surface area contributed by atoms with Gasteiger partial charge in [0.1, 0.15) is 0 Å². The minimum atomic E-state index is -0.110. The highest BCUT2D eigenvalue weighted by Crippen LogP contribution is 2.26. The van der Waals surface area contributed by atoms with Crippen LogP contribution in [0.15, 0.2) is 36.5 Å². The van der Waals surface area contributed by atoms with E-state index in [9.17, 15) is 4.79 Å². The monoisotopic (exact) mass is 437 g/mol. The van der Waals surface area contributed by atoms with Crippen LogP contribution in [0.25, 0.3) is 22.3 Å². The zero-order chi connectivity index (χ0) is 19.6. The van der Waals surface area contributed by atoms with Crippen LogP contribution in [0.1, 0.15) is 42.7 Å². The summed E-state index contributed by atoms with van der Waals surface area (Å²) in [7, 11) is 1.88. The number of likely N-dealkylation sites (N-methyl/N-ethyl adjacent to an activating group) is 1. The summed E-state index contributed by atoms with van der Waals surface area (Å²) in [6.45, 7) is 8.74. The zero-order valence-electron chi connectivity index (χ0n) is 17.4. The van der Waals surface area contributed by atoms with Gasteiger partial charge < -0.3 is 10.6 Å². The molecule has 1 amide bonds. The Bertz CT molecular complexity index is 954. The number of aromatic nitrogens is 3. The fourth-order valence-electron chi connectivity index (χ4n) is 2.90. The summed E-state index contributed by atoms with van der Waals surface area (Å²) < 4.78 is 1.86. The molecule has 29 heavy (non-hydrogen) atoms. The van der Waals surface area contributed by atoms with Crippen LogP contribution in [0.5, 0.6) is 0 Å². The van der Waals surface area contributed by atoms with Gasteiger partial charge in [0.05, 0.1) is 22.8 Å². The van der Waals surface area contributed by atoms with Crippen LogP contribution < -0.4 is 10.6 Å². The van der Waals surface area contributed by atoms with E-state index in [2.05, 4.69) is 48.6 Å². The van der Waals surface area contributed by atoms with Crippen LogP contribution in [0, 0.1) is 6.92 Å². The van der Waals surface area contributed by atoms with Crippen molar-refractivity contribution in [1.82, 2.24) is 25.4 Å². The summed E-state index contributed by atoms with van der Waals surface area (Å²) in [6.07, 6.45) is 1.73. The van der Waals surface area contributed by atoms with E-state index in [0.29, 0.717) is 12.1 Å². The summed E-state index contributed by atoms with van der Waals surface area (Å²) in [6, 6.07) is 10.4. The summed E-state index contributed by atoms with van der Waals surface area (Å²) in [5.41, 5.74) is 4.28. The Morgan fingerprint density at radius 2 is 1.79 bits per heavy atom. The molecule has 1 unspecified atom stereocenters. The van der Waals surface area contributed by atoms with E-state index in [0.717, 1.165) is 22.3 Å². The molecule has 0 saturated heterocycles. The molecule has 1 aromatic carbocycles. The molecule has 3 aromatic rings. The smallest absolute Gasteiger partial charge is 0.252 e. The van der Waals surface area contributed by atoms with E-state index < -0.39 is 0 Å². The molecular weight excluding hydrogens is 409 g/mol. The predicted molar refractivity (Wildman–Crippen MR) is 123 cm³/mol. The van der Waals surface area contributed by atoms with Gasteiger partial charge in [-0.3, -0.25) is 4.79 Å². The summed E-state index contributed by atoms with van der Waals surface area (Å²) in [5.74, 6) is -0.110. The average Bonchev–Trinajstić information content (AvgIpc) is 3.09. The van der Waals surface area contributed by atoms with Crippen LogP contribution in [0.3, 0.4) is 0 Å². The van der Waals surface area contributed by atoms with Gasteiger partial charge in [0, 0.05) is 24.2 Å². The standard InChI is InChI=1S/C21H27N5O.2ClH/c1-13(2)26-20-18(12-24-26)17(21(27)23-11-15(4)22-5)10-19(25-20)16-8-6-14(3)7-9-16;;/h6-10,12-13,15,22H,11H2,1-5H3,(H,23,27);2*1H. The van der Waals surface area contributed by atoms with Crippen molar-refractivity contribution in [2.24, 2.45) is 0 Å². The predicted octanol–water partition coefficient (Wildman–Crippen LogP) is 4.17. The van der Waals surface area contributed by atoms with Gasteiger partial charge in [0.25, 0.3) is 5.91 Å². The van der Waals surface area contributed by atoms with Crippen molar-refractivity contribution < 1.29 is 4.79 Å². The number of hydrogen-bond donors (Lipinski definition) is 2. The number of benzene rings is 1. The molecule has 0 radical (unpaired) electrons. The number of nitrogens with zero attached hydrogens (tertiary/aromatic N) is 3. The lowest BCUT2D eigenvalue weighted by molar-refractivity contribution is 0.0952. The van der Waals surface area contributed by atoms with Crippen LogP contribution >= 0.6 is 24.8 Å². The molecule has 158 valence electrons. The number of carbonyl (C=O) groups is 1. The van der Waals surface area contributed by atoms with Gasteiger partial charge in [-0.15, -0.1) is 24.8 Å². The van der Waals surface area contributed by atoms with E-state index in [-0.39, 0.29) is 42.8 Å². The van der Waals surface area contributed by atoms with Crippen molar-refractivity contribution in [3.05, 3.63) is 47.7 Å². The quantitative estimate of drug-likeness (QED) is 0.606. The highest BCUT2D eigenvalue weighted by atomic mass is 35.5. The molecule has 2 N–H and O–H groups in total. The van der Waals surface area contributed by atoms with Crippen molar-refractivity contribution in [1.29, 1.82) is 0 Å². The van der Waals surface area contributed by atoms with Gasteiger partial charge in [-0.05, 0) is 40.8 Å². The molecule has 1 atom stereocenters. The summed E-state index contributed by atoms with van der Waals surface area (Å²) in [4.78, 5) is 17.7. The molecule has 0 bridgehead atoms. The lowest BCUT2D eigenvalue weighted by Gasteiger charge is -2.13. The first-order chi connectivity index (χ1) is 12.9. The number of pyridine rings is 1. The van der Waals surface area contributed by atoms with Gasteiger partial charge in [0.15, 0.2) is 5.65 Å². The second kappa shape index (κ2) is 10.6. The number of carbonyl (C=O) groups excluding carboxylic acids is 1. The molecule has 3 rings (SSSR count). The number of fused-ring (bicyclic) bond motifs is 1. The van der Waals surface area contributed by atoms with Crippen molar-refractivity contribution in [2.45, 2.75) is 39.8 Å². The van der Waals surface area contributed by atoms with Crippen LogP contribution in [0.2, 0.25) is 0 Å². The van der Waals surface area contributed by atoms with Gasteiger partial charge in [-0.1, -0.05) is 29.8 Å². The minimum Gasteiger partial charge on any atom is -0.350 e. The van der Waals surface area contributed by atoms with E-state index >= 15 is 0 Å². The molecule has 2 aromatic heterocycles. The molecule has 0 aliphatic heterocycles. The second-order valence-electron chi connectivity index (χ2n) is 7.24. The Morgan fingerprint density at radius 1 is 1.14 bits per heavy atom. The molecule has 2 heterocycles. The number of halogens is 2. The maximum absolute atomic E-state index is 12.9. The number of nitrogens with one attached hydrogen (secondary N) is 2. The Morgan fingerprint density at radius 3 is 2.38 bits per heavy atom. The first-order valence-electron chi connectivity index (χ1n) is 9.31. The first kappa shape index (κ1) is 24.9. The zero-order valence-corrected chi connectivity index (χ0v) is 19.0. The summed E-state index contributed by atoms with van der Waals surface area (Å²) in [5, 5.41) is 11.4. The lowest BCUT2D eigenvalue weighted by Crippen LogP contribution is -2.37. The SMILES string of the molecule is CNC(C)CNC(=O)c1cc(-c2ccc(C)cc2)nc2c1cnn2C(C)C.Cl.Cl. The third kappa shape index (κ3) is 5.47. The number of rotatable bonds is 6. The molecule has 0 saturated carbocycles. The van der Waals surface area contributed by atoms with E-state index in [1.165, 1.54) is 5.56 Å². The van der Waals surface area contributed by atoms with Crippen LogP contribution in [0.4, 0.5) is 0 Å². The normalized spacial score (nSPS) is 11.7. The summed E-state index contributed by atoms with van der Waals surface area (Å²) >= 11 is 0. The Balaban J connectivity index is 0.00000210. The Labute approximate surface area is 184 Å². The van der Waals surface area contributed by atoms with E-state index in [1.54, 1.807) is 6.20 Å². The number of amides is 1. The molecular formula is C21H29Cl2N5O. The fourth-order valence-corrected chi connectivity index (χ4v) is 2.90. The Kier molecular flexibility index (Phi) is 9.08. The fraction of sp³-hybridized carbons (Fsp3) is 0.381. The van der Waals surface area contributed by atoms with Gasteiger partial charge in [0.2, 0.25) is 0 Å². The highest BCUT2D eigenvalue weighted by Gasteiger charge is 2.18. The molecule has 0 fully saturated rings. The molecule has 0 aliphatic rings. The highest BCUT2D eigenvalue weighted by molar-refractivity contribution is 6.06. The van der Waals surface area contributed by atoms with Crippen molar-refractivity contribution in [3.63, 3.8) is 0 Å². The second-order valence-corrected chi connectivity index (χ2v) is 7.24. The average molecular weight is 438 g/mol. The Hall–Kier alpha value is -2.15. The first-order valence-corrected chi connectivity index (χ1v) is 9.31. The number of hydrogen-bond acceptors (Lipinski definition) is 4. The van der Waals surface area contributed by atoms with Crippen molar-refractivity contribution in [3.8, 4) is 11.3 Å². The van der Waals surface area contributed by atoms with Crippen LogP contribution in [-0.2, 0) is 0 Å². The topological polar surface area (TPSA) is 71.8 Å². The number of aryl methyl sites for hydroxylation is 1. The molecule has 6 nitrogen and oxygen atoms in total. The van der Waals surface area contributed by atoms with E-state index in [4.69, 9.17) is 4.98 Å². The largest absolute Gasteiger partial charge is 0.350 e.